The van der Waals surface area contributed by atoms with Gasteiger partial charge in [-0.05, 0) is 86.0 Å². The van der Waals surface area contributed by atoms with E-state index in [0.29, 0.717) is 18.3 Å². The third-order valence-corrected chi connectivity index (χ3v) is 14.0. The van der Waals surface area contributed by atoms with Crippen LogP contribution in [0.25, 0.3) is 0 Å². The summed E-state index contributed by atoms with van der Waals surface area (Å²) in [6.07, 6.45) is 7.09. The molecule has 2 aromatic rings. The van der Waals surface area contributed by atoms with Crippen LogP contribution in [0.4, 0.5) is 11.4 Å². The van der Waals surface area contributed by atoms with E-state index >= 15 is 0 Å². The van der Waals surface area contributed by atoms with Crippen LogP contribution in [0.3, 0.4) is 0 Å². The molecule has 3 aliphatic rings. The Morgan fingerprint density at radius 2 is 1.66 bits per heavy atom. The Hall–Kier alpha value is -2.51. The number of nitrogen functional groups attached to an aromatic ring is 1. The van der Waals surface area contributed by atoms with Crippen LogP contribution >= 0.6 is 0 Å². The Morgan fingerprint density at radius 1 is 1.03 bits per heavy atom. The minimum atomic E-state index is -1.79. The minimum absolute atomic E-state index is 0.0936. The van der Waals surface area contributed by atoms with E-state index in [1.54, 1.807) is 7.11 Å². The number of hydrogen-bond donors (Lipinski definition) is 1. The monoisotopic (exact) mass is 536 g/mol. The first kappa shape index (κ1) is 27.1. The number of ether oxygens (including phenoxy) is 2. The van der Waals surface area contributed by atoms with Crippen LogP contribution in [0, 0.1) is 0 Å². The lowest BCUT2D eigenvalue weighted by Gasteiger charge is -2.41. The van der Waals surface area contributed by atoms with E-state index in [0.717, 1.165) is 73.3 Å². The fourth-order valence-electron chi connectivity index (χ4n) is 5.96. The van der Waals surface area contributed by atoms with Crippen LogP contribution in [0.2, 0.25) is 18.1 Å². The summed E-state index contributed by atoms with van der Waals surface area (Å²) in [6, 6.07) is 11.9. The van der Waals surface area contributed by atoms with Gasteiger partial charge in [0.15, 0.2) is 8.32 Å². The summed E-state index contributed by atoms with van der Waals surface area (Å²) in [5, 5.41) is 0.208. The van der Waals surface area contributed by atoms with Gasteiger partial charge in [0.05, 0.1) is 30.9 Å². The lowest BCUT2D eigenvalue weighted by Crippen LogP contribution is -2.45. The molecule has 1 spiro atoms. The zero-order chi connectivity index (χ0) is 27.3. The molecule has 0 bridgehead atoms. The Bertz CT molecular complexity index is 1180. The molecule has 38 heavy (non-hydrogen) atoms. The third kappa shape index (κ3) is 4.84. The van der Waals surface area contributed by atoms with Gasteiger partial charge in [-0.1, -0.05) is 39.3 Å². The van der Waals surface area contributed by atoms with Gasteiger partial charge >= 0.3 is 0 Å². The van der Waals surface area contributed by atoms with Gasteiger partial charge in [0.2, 0.25) is 5.91 Å². The van der Waals surface area contributed by atoms with Gasteiger partial charge in [-0.25, -0.2) is 0 Å². The smallest absolute Gasteiger partial charge is 0.238 e. The van der Waals surface area contributed by atoms with Gasteiger partial charge in [0.1, 0.15) is 11.5 Å². The highest BCUT2D eigenvalue weighted by molar-refractivity contribution is 6.74. The Labute approximate surface area is 229 Å². The molecule has 2 N–H and O–H groups in total. The topological polar surface area (TPSA) is 74.0 Å². The second kappa shape index (κ2) is 9.90. The lowest BCUT2D eigenvalue weighted by molar-refractivity contribution is -0.126. The van der Waals surface area contributed by atoms with Crippen molar-refractivity contribution in [1.29, 1.82) is 0 Å². The summed E-state index contributed by atoms with van der Waals surface area (Å²) in [5.74, 6) is 1.73. The largest absolute Gasteiger partial charge is 0.497 e. The number of hydrogen-bond acceptors (Lipinski definition) is 5. The molecule has 6 nitrogen and oxygen atoms in total. The van der Waals surface area contributed by atoms with E-state index in [-0.39, 0.29) is 17.0 Å². The first-order valence-corrected chi connectivity index (χ1v) is 17.1. The van der Waals surface area contributed by atoms with E-state index < -0.39 is 13.7 Å². The average molecular weight is 537 g/mol. The number of fused-ring (bicyclic) bond motifs is 2. The molecule has 2 fully saturated rings. The highest BCUT2D eigenvalue weighted by Gasteiger charge is 2.55. The zero-order valence-electron chi connectivity index (χ0n) is 23.9. The second-order valence-corrected chi connectivity index (χ2v) is 17.7. The molecule has 1 heterocycles. The van der Waals surface area contributed by atoms with Crippen LogP contribution in [-0.4, -0.2) is 33.5 Å². The summed E-state index contributed by atoms with van der Waals surface area (Å²) in [4.78, 5) is 15.8. The summed E-state index contributed by atoms with van der Waals surface area (Å²) in [5.41, 5.74) is 9.64. The van der Waals surface area contributed by atoms with Crippen molar-refractivity contribution in [3.8, 4) is 11.5 Å². The Morgan fingerprint density at radius 3 is 2.21 bits per heavy atom. The van der Waals surface area contributed by atoms with Crippen LogP contribution in [0.1, 0.15) is 76.8 Å². The van der Waals surface area contributed by atoms with Crippen LogP contribution in [0.5, 0.6) is 11.5 Å². The molecule has 0 atom stereocenters. The van der Waals surface area contributed by atoms with E-state index in [4.69, 9.17) is 19.6 Å². The molecule has 2 aromatic carbocycles. The van der Waals surface area contributed by atoms with E-state index in [1.807, 2.05) is 41.3 Å². The van der Waals surface area contributed by atoms with Gasteiger partial charge in [0.25, 0.3) is 0 Å². The molecule has 2 saturated carbocycles. The van der Waals surface area contributed by atoms with Crippen molar-refractivity contribution in [3.05, 3.63) is 47.5 Å². The first-order valence-electron chi connectivity index (χ1n) is 14.2. The van der Waals surface area contributed by atoms with Gasteiger partial charge in [-0.15, -0.1) is 0 Å². The van der Waals surface area contributed by atoms with Crippen molar-refractivity contribution < 1.29 is 18.7 Å². The number of carbonyl (C=O) groups is 1. The van der Waals surface area contributed by atoms with Crippen molar-refractivity contribution in [2.75, 3.05) is 17.7 Å². The maximum atomic E-state index is 13.9. The van der Waals surface area contributed by atoms with Gasteiger partial charge in [-0.3, -0.25) is 4.79 Å². The lowest BCUT2D eigenvalue weighted by atomic mass is 9.65. The molecule has 1 aliphatic heterocycles. The van der Waals surface area contributed by atoms with Crippen molar-refractivity contribution in [2.45, 2.75) is 108 Å². The quantitative estimate of drug-likeness (QED) is 0.306. The maximum Gasteiger partial charge on any atom is 0.238 e. The average Bonchev–Trinajstić information content (AvgIpc) is 3.07. The predicted molar refractivity (Wildman–Crippen MR) is 156 cm³/mol. The fourth-order valence-corrected chi connectivity index (χ4v) is 7.38. The van der Waals surface area contributed by atoms with Crippen molar-refractivity contribution >= 4 is 25.6 Å². The highest BCUT2D eigenvalue weighted by atomic mass is 28.4. The van der Waals surface area contributed by atoms with Gasteiger partial charge in [-0.2, -0.15) is 0 Å². The van der Waals surface area contributed by atoms with Crippen LogP contribution in [-0.2, 0) is 21.2 Å². The molecular weight excluding hydrogens is 492 g/mol. The molecule has 5 rings (SSSR count). The molecular formula is C31H44N2O4Si. The highest BCUT2D eigenvalue weighted by Crippen LogP contribution is 2.57. The summed E-state index contributed by atoms with van der Waals surface area (Å²) >= 11 is 0. The molecule has 7 heteroatoms. The van der Waals surface area contributed by atoms with Crippen LogP contribution in [0.15, 0.2) is 36.4 Å². The number of anilines is 2. The van der Waals surface area contributed by atoms with E-state index in [1.165, 1.54) is 0 Å². The predicted octanol–water partition coefficient (Wildman–Crippen LogP) is 6.96. The normalized spacial score (nSPS) is 22.8. The number of nitrogens with zero attached hydrogens (tertiary/aromatic N) is 1. The molecule has 206 valence electrons. The molecule has 0 unspecified atom stereocenters. The zero-order valence-corrected chi connectivity index (χ0v) is 24.9. The first-order chi connectivity index (χ1) is 17.9. The Balaban J connectivity index is 1.37. The Kier molecular flexibility index (Phi) is 7.06. The number of carbonyl (C=O) groups excluding carboxylic acids is 1. The molecule has 0 saturated heterocycles. The second-order valence-electron chi connectivity index (χ2n) is 13.0. The SMILES string of the molecule is COc1ccc(CN2C(=O)C3(CCC3)c3cc(N)cc(OC4CCC(O[Si](C)(C)C(C)(C)C)CC4)c32)cc1. The molecule has 1 amide bonds. The number of nitrogens with two attached hydrogens (primary N) is 1. The molecule has 0 radical (unpaired) electrons. The van der Waals surface area contributed by atoms with Crippen molar-refractivity contribution in [3.63, 3.8) is 0 Å². The van der Waals surface area contributed by atoms with Gasteiger partial charge in [0, 0.05) is 17.9 Å². The summed E-state index contributed by atoms with van der Waals surface area (Å²) < 4.78 is 18.7. The molecule has 2 aliphatic carbocycles. The standard InChI is InChI=1S/C31H44N2O4Si/c1-30(2,3)38(5,6)37-25-14-12-24(13-15-25)36-27-19-22(32)18-26-28(27)33(29(34)31(26)16-7-17-31)20-21-8-10-23(35-4)11-9-21/h8-11,18-19,24-25H,7,12-17,20,32H2,1-6H3. The summed E-state index contributed by atoms with van der Waals surface area (Å²) in [6.45, 7) is 12.0. The minimum Gasteiger partial charge on any atom is -0.497 e. The molecule has 0 aromatic heterocycles. The third-order valence-electron chi connectivity index (χ3n) is 9.43. The fraction of sp³-hybridized carbons (Fsp3) is 0.581. The number of benzene rings is 2. The number of rotatable bonds is 7. The van der Waals surface area contributed by atoms with Gasteiger partial charge < -0.3 is 24.5 Å². The van der Waals surface area contributed by atoms with E-state index in [9.17, 15) is 4.79 Å². The van der Waals surface area contributed by atoms with Crippen molar-refractivity contribution in [1.82, 2.24) is 0 Å². The number of methoxy groups -OCH3 is 1. The van der Waals surface area contributed by atoms with Crippen molar-refractivity contribution in [2.24, 2.45) is 0 Å². The number of amides is 1. The maximum absolute atomic E-state index is 13.9. The van der Waals surface area contributed by atoms with E-state index in [2.05, 4.69) is 33.9 Å². The summed E-state index contributed by atoms with van der Waals surface area (Å²) in [7, 11) is -0.130. The van der Waals surface area contributed by atoms with Crippen LogP contribution < -0.4 is 20.1 Å².